The molecular formula is C8H10N4O2. The number of fused-ring (bicyclic) bond motifs is 1. The third-order valence-corrected chi connectivity index (χ3v) is 2.27. The lowest BCUT2D eigenvalue weighted by Crippen LogP contribution is -2.33. The molecule has 3 N–H and O–H groups in total. The first-order valence-electron chi connectivity index (χ1n) is 4.25. The number of hydrogen-bond acceptors (Lipinski definition) is 4. The van der Waals surface area contributed by atoms with Crippen molar-refractivity contribution in [1.82, 2.24) is 9.55 Å². The monoisotopic (exact) mass is 194 g/mol. The number of aliphatic imine (C=N–C) groups is 1. The summed E-state index contributed by atoms with van der Waals surface area (Å²) < 4.78 is 1.29. The van der Waals surface area contributed by atoms with Crippen molar-refractivity contribution in [1.29, 1.82) is 0 Å². The summed E-state index contributed by atoms with van der Waals surface area (Å²) in [6, 6.07) is 0. The molecular weight excluding hydrogens is 184 g/mol. The first kappa shape index (κ1) is 8.74. The number of hydrogen-bond donors (Lipinski definition) is 2. The normalized spacial score (nSPS) is 14.8. The van der Waals surface area contributed by atoms with E-state index in [2.05, 4.69) is 9.98 Å². The minimum Gasteiger partial charge on any atom is -0.387 e. The zero-order valence-electron chi connectivity index (χ0n) is 7.70. The van der Waals surface area contributed by atoms with Crippen molar-refractivity contribution in [3.8, 4) is 0 Å². The largest absolute Gasteiger partial charge is 0.387 e. The van der Waals surface area contributed by atoms with Gasteiger partial charge in [0.25, 0.3) is 5.56 Å². The SMILES string of the molecule is Cn1c2c(c(=O)[nH]c1=O)CCC(N)=N2. The van der Waals surface area contributed by atoms with Crippen LogP contribution in [-0.4, -0.2) is 15.4 Å². The Morgan fingerprint density at radius 1 is 1.43 bits per heavy atom. The van der Waals surface area contributed by atoms with E-state index in [1.165, 1.54) is 4.57 Å². The molecule has 14 heavy (non-hydrogen) atoms. The van der Waals surface area contributed by atoms with Crippen LogP contribution in [0.15, 0.2) is 14.6 Å². The second kappa shape index (κ2) is 2.83. The first-order chi connectivity index (χ1) is 6.59. The van der Waals surface area contributed by atoms with Crippen LogP contribution in [0.3, 0.4) is 0 Å². The van der Waals surface area contributed by atoms with E-state index in [9.17, 15) is 9.59 Å². The van der Waals surface area contributed by atoms with E-state index in [1.54, 1.807) is 7.05 Å². The van der Waals surface area contributed by atoms with Crippen molar-refractivity contribution in [2.24, 2.45) is 17.8 Å². The topological polar surface area (TPSA) is 93.2 Å². The molecule has 0 spiro atoms. The van der Waals surface area contributed by atoms with Gasteiger partial charge in [-0.05, 0) is 6.42 Å². The lowest BCUT2D eigenvalue weighted by molar-refractivity contribution is 0.765. The van der Waals surface area contributed by atoms with Crippen LogP contribution in [0.5, 0.6) is 0 Å². The van der Waals surface area contributed by atoms with Crippen LogP contribution in [0, 0.1) is 0 Å². The first-order valence-corrected chi connectivity index (χ1v) is 4.25. The maximum atomic E-state index is 11.4. The Morgan fingerprint density at radius 3 is 2.86 bits per heavy atom. The highest BCUT2D eigenvalue weighted by Gasteiger charge is 2.16. The van der Waals surface area contributed by atoms with Crippen LogP contribution in [0.4, 0.5) is 5.82 Å². The third kappa shape index (κ3) is 1.15. The molecule has 0 radical (unpaired) electrons. The second-order valence-corrected chi connectivity index (χ2v) is 3.22. The average Bonchev–Trinajstić information content (AvgIpc) is 2.14. The molecule has 0 amide bonds. The van der Waals surface area contributed by atoms with Gasteiger partial charge in [-0.1, -0.05) is 0 Å². The van der Waals surface area contributed by atoms with Gasteiger partial charge in [0.15, 0.2) is 0 Å². The van der Waals surface area contributed by atoms with Crippen LogP contribution in [0.1, 0.15) is 12.0 Å². The molecule has 0 atom stereocenters. The van der Waals surface area contributed by atoms with Crippen LogP contribution in [0.2, 0.25) is 0 Å². The molecule has 0 saturated carbocycles. The molecule has 1 aliphatic rings. The lowest BCUT2D eigenvalue weighted by Gasteiger charge is -2.13. The number of H-pyrrole nitrogens is 1. The summed E-state index contributed by atoms with van der Waals surface area (Å²) >= 11 is 0. The quantitative estimate of drug-likeness (QED) is 0.555. The Kier molecular flexibility index (Phi) is 1.77. The molecule has 0 aromatic carbocycles. The van der Waals surface area contributed by atoms with Crippen molar-refractivity contribution in [2.45, 2.75) is 12.8 Å². The molecule has 74 valence electrons. The molecule has 1 aromatic heterocycles. The number of aromatic nitrogens is 2. The van der Waals surface area contributed by atoms with E-state index in [1.807, 2.05) is 0 Å². The fourth-order valence-corrected chi connectivity index (χ4v) is 1.47. The maximum absolute atomic E-state index is 11.4. The fraction of sp³-hybridized carbons (Fsp3) is 0.375. The molecule has 0 aliphatic carbocycles. The minimum atomic E-state index is -0.466. The van der Waals surface area contributed by atoms with Gasteiger partial charge in [0, 0.05) is 13.5 Å². The predicted octanol–water partition coefficient (Wildman–Crippen LogP) is -0.991. The number of nitrogens with two attached hydrogens (primary N) is 1. The molecule has 6 nitrogen and oxygen atoms in total. The van der Waals surface area contributed by atoms with E-state index in [4.69, 9.17) is 5.73 Å². The summed E-state index contributed by atoms with van der Waals surface area (Å²) in [5.41, 5.74) is 5.24. The zero-order valence-corrected chi connectivity index (χ0v) is 7.70. The molecule has 0 saturated heterocycles. The average molecular weight is 194 g/mol. The molecule has 0 fully saturated rings. The predicted molar refractivity (Wildman–Crippen MR) is 51.9 cm³/mol. The molecule has 0 unspecified atom stereocenters. The number of nitrogens with zero attached hydrogens (tertiary/aromatic N) is 2. The van der Waals surface area contributed by atoms with Gasteiger partial charge in [-0.2, -0.15) is 0 Å². The van der Waals surface area contributed by atoms with Gasteiger partial charge in [-0.25, -0.2) is 9.79 Å². The summed E-state index contributed by atoms with van der Waals surface area (Å²) in [6.07, 6.45) is 1.10. The van der Waals surface area contributed by atoms with Crippen molar-refractivity contribution >= 4 is 11.7 Å². The third-order valence-electron chi connectivity index (χ3n) is 2.27. The van der Waals surface area contributed by atoms with E-state index in [0.29, 0.717) is 30.1 Å². The van der Waals surface area contributed by atoms with Gasteiger partial charge >= 0.3 is 5.69 Å². The molecule has 1 aromatic rings. The summed E-state index contributed by atoms with van der Waals surface area (Å²) in [5.74, 6) is 0.834. The number of amidine groups is 1. The Bertz CT molecular complexity index is 523. The standard InChI is InChI=1S/C8H10N4O2/c1-12-6-4(2-3-5(9)10-6)7(13)11-8(12)14/h2-3H2,1H3,(H2,9,10)(H,11,13,14). The Hall–Kier alpha value is -1.85. The van der Waals surface area contributed by atoms with E-state index in [-0.39, 0.29) is 5.56 Å². The molecule has 2 rings (SSSR count). The number of nitrogens with one attached hydrogen (secondary N) is 1. The van der Waals surface area contributed by atoms with Crippen molar-refractivity contribution in [2.75, 3.05) is 0 Å². The molecule has 1 aliphatic heterocycles. The van der Waals surface area contributed by atoms with Gasteiger partial charge in [0.1, 0.15) is 11.7 Å². The van der Waals surface area contributed by atoms with Crippen LogP contribution < -0.4 is 17.0 Å². The smallest absolute Gasteiger partial charge is 0.329 e. The van der Waals surface area contributed by atoms with Crippen molar-refractivity contribution < 1.29 is 0 Å². The van der Waals surface area contributed by atoms with Crippen molar-refractivity contribution in [3.05, 3.63) is 26.4 Å². The Balaban J connectivity index is 2.84. The van der Waals surface area contributed by atoms with Crippen LogP contribution >= 0.6 is 0 Å². The molecule has 2 heterocycles. The van der Waals surface area contributed by atoms with Gasteiger partial charge < -0.3 is 5.73 Å². The summed E-state index contributed by atoms with van der Waals surface area (Å²) in [6.45, 7) is 0. The van der Waals surface area contributed by atoms with E-state index >= 15 is 0 Å². The highest BCUT2D eigenvalue weighted by Crippen LogP contribution is 2.18. The van der Waals surface area contributed by atoms with Gasteiger partial charge in [0.05, 0.1) is 5.56 Å². The summed E-state index contributed by atoms with van der Waals surface area (Å²) in [5, 5.41) is 0. The highest BCUT2D eigenvalue weighted by atomic mass is 16.2. The van der Waals surface area contributed by atoms with Gasteiger partial charge in [0.2, 0.25) is 0 Å². The second-order valence-electron chi connectivity index (χ2n) is 3.22. The van der Waals surface area contributed by atoms with Crippen LogP contribution in [-0.2, 0) is 13.5 Å². The Morgan fingerprint density at radius 2 is 2.14 bits per heavy atom. The highest BCUT2D eigenvalue weighted by molar-refractivity contribution is 5.84. The van der Waals surface area contributed by atoms with Gasteiger partial charge in [-0.15, -0.1) is 0 Å². The van der Waals surface area contributed by atoms with E-state index in [0.717, 1.165) is 0 Å². The number of rotatable bonds is 0. The molecule has 6 heteroatoms. The lowest BCUT2D eigenvalue weighted by atomic mass is 10.1. The number of aromatic amines is 1. The summed E-state index contributed by atoms with van der Waals surface area (Å²) in [7, 11) is 1.55. The van der Waals surface area contributed by atoms with Gasteiger partial charge in [-0.3, -0.25) is 14.3 Å². The maximum Gasteiger partial charge on any atom is 0.329 e. The minimum absolute atomic E-state index is 0.362. The molecule has 0 bridgehead atoms. The fourth-order valence-electron chi connectivity index (χ4n) is 1.47. The van der Waals surface area contributed by atoms with Crippen molar-refractivity contribution in [3.63, 3.8) is 0 Å². The van der Waals surface area contributed by atoms with E-state index < -0.39 is 5.69 Å². The zero-order chi connectivity index (χ0) is 10.3. The summed E-state index contributed by atoms with van der Waals surface area (Å²) in [4.78, 5) is 28.8. The van der Waals surface area contributed by atoms with Crippen LogP contribution in [0.25, 0.3) is 0 Å². The Labute approximate surface area is 79.1 Å².